The van der Waals surface area contributed by atoms with Gasteiger partial charge < -0.3 is 11.1 Å². The first kappa shape index (κ1) is 15.8. The van der Waals surface area contributed by atoms with Crippen LogP contribution in [0.25, 0.3) is 0 Å². The lowest BCUT2D eigenvalue weighted by Crippen LogP contribution is -2.17. The Morgan fingerprint density at radius 3 is 2.90 bits per heavy atom. The van der Waals surface area contributed by atoms with Crippen molar-refractivity contribution in [3.63, 3.8) is 0 Å². The Labute approximate surface area is 134 Å². The molecule has 1 aliphatic rings. The number of hydrogen-bond acceptors (Lipinski definition) is 5. The second-order valence-corrected chi connectivity index (χ2v) is 5.78. The van der Waals surface area contributed by atoms with Gasteiger partial charge in [-0.05, 0) is 31.9 Å². The average Bonchev–Trinajstić information content (AvgIpc) is 2.57. The smallest absolute Gasteiger partial charge is 0.227 e. The molecule has 1 aromatic heterocycles. The summed E-state index contributed by atoms with van der Waals surface area (Å²) in [5, 5.41) is 4.61. The number of aromatic nitrogens is 3. The van der Waals surface area contributed by atoms with Crippen molar-refractivity contribution in [2.75, 3.05) is 11.1 Å². The molecule has 0 spiro atoms. The Bertz CT molecular complexity index is 595. The molecule has 0 fully saturated rings. The van der Waals surface area contributed by atoms with Gasteiger partial charge in [-0.25, -0.2) is 9.97 Å². The Morgan fingerprint density at radius 2 is 2.14 bits per heavy atom. The van der Waals surface area contributed by atoms with Crippen molar-refractivity contribution < 1.29 is 0 Å². The third kappa shape index (κ3) is 5.36. The van der Waals surface area contributed by atoms with Crippen LogP contribution in [-0.4, -0.2) is 21.0 Å². The summed E-state index contributed by atoms with van der Waals surface area (Å²) < 4.78 is 0. The standard InChI is InChI=1S/C14H17Cl2N5/c1-9(20-14-19-8-18-13(17)21-14)2-3-10-4-5-11(15)7-12(16)6-10/h4,6-9H,2-3,5H2,1H3,(H3,17,18,19,20,21). The van der Waals surface area contributed by atoms with Gasteiger partial charge in [0.05, 0.1) is 0 Å². The van der Waals surface area contributed by atoms with Crippen LogP contribution in [0, 0.1) is 0 Å². The van der Waals surface area contributed by atoms with Crippen molar-refractivity contribution in [1.29, 1.82) is 0 Å². The van der Waals surface area contributed by atoms with E-state index in [-0.39, 0.29) is 12.0 Å². The van der Waals surface area contributed by atoms with Gasteiger partial charge >= 0.3 is 0 Å². The van der Waals surface area contributed by atoms with Crippen LogP contribution in [0.4, 0.5) is 11.9 Å². The highest BCUT2D eigenvalue weighted by Gasteiger charge is 2.08. The van der Waals surface area contributed by atoms with E-state index in [2.05, 4.69) is 33.3 Å². The van der Waals surface area contributed by atoms with E-state index >= 15 is 0 Å². The van der Waals surface area contributed by atoms with E-state index < -0.39 is 0 Å². The summed E-state index contributed by atoms with van der Waals surface area (Å²) in [4.78, 5) is 11.8. The number of allylic oxidation sites excluding steroid dienone is 6. The zero-order valence-electron chi connectivity index (χ0n) is 11.7. The summed E-state index contributed by atoms with van der Waals surface area (Å²) in [5.41, 5.74) is 6.70. The fourth-order valence-corrected chi connectivity index (χ4v) is 2.47. The highest BCUT2D eigenvalue weighted by Crippen LogP contribution is 2.24. The number of hydrogen-bond donors (Lipinski definition) is 2. The molecule has 0 aromatic carbocycles. The van der Waals surface area contributed by atoms with Crippen molar-refractivity contribution in [2.24, 2.45) is 0 Å². The fourth-order valence-electron chi connectivity index (χ4n) is 1.94. The number of rotatable bonds is 5. The molecule has 1 aromatic rings. The normalized spacial score (nSPS) is 16.4. The Kier molecular flexibility index (Phi) is 5.59. The lowest BCUT2D eigenvalue weighted by Gasteiger charge is -2.13. The van der Waals surface area contributed by atoms with Crippen molar-refractivity contribution in [2.45, 2.75) is 32.2 Å². The maximum Gasteiger partial charge on any atom is 0.227 e. The molecule has 7 heteroatoms. The van der Waals surface area contributed by atoms with Gasteiger partial charge in [-0.15, -0.1) is 0 Å². The molecule has 1 aliphatic carbocycles. The number of anilines is 2. The highest BCUT2D eigenvalue weighted by atomic mass is 35.5. The molecule has 3 N–H and O–H groups in total. The third-order valence-electron chi connectivity index (χ3n) is 3.01. The molecule has 1 atom stereocenters. The molecular formula is C14H17Cl2N5. The lowest BCUT2D eigenvalue weighted by atomic mass is 10.1. The summed E-state index contributed by atoms with van der Waals surface area (Å²) in [6.45, 7) is 2.06. The average molecular weight is 326 g/mol. The fraction of sp³-hybridized carbons (Fsp3) is 0.357. The third-order valence-corrected chi connectivity index (χ3v) is 3.49. The minimum absolute atomic E-state index is 0.201. The summed E-state index contributed by atoms with van der Waals surface area (Å²) in [6, 6.07) is 0.201. The van der Waals surface area contributed by atoms with E-state index in [1.165, 1.54) is 11.9 Å². The summed E-state index contributed by atoms with van der Waals surface area (Å²) in [7, 11) is 0. The number of nitrogens with one attached hydrogen (secondary N) is 1. The van der Waals surface area contributed by atoms with Crippen LogP contribution in [0.15, 0.2) is 40.2 Å². The number of nitrogen functional groups attached to an aromatic ring is 1. The Morgan fingerprint density at radius 1 is 1.33 bits per heavy atom. The van der Waals surface area contributed by atoms with Crippen molar-refractivity contribution in [3.05, 3.63) is 40.2 Å². The molecule has 2 rings (SSSR count). The minimum atomic E-state index is 0.201. The molecule has 5 nitrogen and oxygen atoms in total. The van der Waals surface area contributed by atoms with Gasteiger partial charge in [0.25, 0.3) is 0 Å². The molecule has 0 radical (unpaired) electrons. The highest BCUT2D eigenvalue weighted by molar-refractivity contribution is 6.34. The van der Waals surface area contributed by atoms with E-state index in [0.717, 1.165) is 24.3 Å². The van der Waals surface area contributed by atoms with Crippen LogP contribution in [0.3, 0.4) is 0 Å². The summed E-state index contributed by atoms with van der Waals surface area (Å²) in [6.07, 6.45) is 9.74. The Hall–Kier alpha value is -1.59. The molecular weight excluding hydrogens is 309 g/mol. The van der Waals surface area contributed by atoms with Crippen molar-refractivity contribution in [3.8, 4) is 0 Å². The zero-order valence-corrected chi connectivity index (χ0v) is 13.2. The molecule has 21 heavy (non-hydrogen) atoms. The quantitative estimate of drug-likeness (QED) is 0.864. The predicted molar refractivity (Wildman–Crippen MR) is 87.1 cm³/mol. The van der Waals surface area contributed by atoms with Gasteiger partial charge in [-0.1, -0.05) is 34.9 Å². The van der Waals surface area contributed by atoms with Crippen molar-refractivity contribution >= 4 is 35.1 Å². The predicted octanol–water partition coefficient (Wildman–Crippen LogP) is 3.61. The summed E-state index contributed by atoms with van der Waals surface area (Å²) >= 11 is 12.1. The topological polar surface area (TPSA) is 76.7 Å². The first-order chi connectivity index (χ1) is 10.0. The number of nitrogens with zero attached hydrogens (tertiary/aromatic N) is 3. The molecule has 1 unspecified atom stereocenters. The first-order valence-corrected chi connectivity index (χ1v) is 7.42. The van der Waals surface area contributed by atoms with Crippen LogP contribution < -0.4 is 11.1 Å². The van der Waals surface area contributed by atoms with Gasteiger partial charge in [0.1, 0.15) is 6.33 Å². The first-order valence-electron chi connectivity index (χ1n) is 6.66. The van der Waals surface area contributed by atoms with E-state index in [1.807, 2.05) is 6.08 Å². The van der Waals surface area contributed by atoms with E-state index in [4.69, 9.17) is 28.9 Å². The van der Waals surface area contributed by atoms with E-state index in [1.54, 1.807) is 6.08 Å². The van der Waals surface area contributed by atoms with Gasteiger partial charge in [0, 0.05) is 22.5 Å². The van der Waals surface area contributed by atoms with Gasteiger partial charge in [-0.2, -0.15) is 4.98 Å². The molecule has 0 saturated heterocycles. The second-order valence-electron chi connectivity index (χ2n) is 4.85. The Balaban J connectivity index is 1.87. The van der Waals surface area contributed by atoms with Crippen molar-refractivity contribution in [1.82, 2.24) is 15.0 Å². The monoisotopic (exact) mass is 325 g/mol. The molecule has 0 bridgehead atoms. The molecule has 0 amide bonds. The molecule has 0 saturated carbocycles. The van der Waals surface area contributed by atoms with Gasteiger partial charge in [0.2, 0.25) is 11.9 Å². The SMILES string of the molecule is CC(CCC1=CCC(Cl)=CC(Cl)=C1)Nc1ncnc(N)n1. The van der Waals surface area contributed by atoms with Crippen LogP contribution in [0.2, 0.25) is 0 Å². The van der Waals surface area contributed by atoms with Crippen LogP contribution in [0.1, 0.15) is 26.2 Å². The minimum Gasteiger partial charge on any atom is -0.368 e. The van der Waals surface area contributed by atoms with E-state index in [9.17, 15) is 0 Å². The van der Waals surface area contributed by atoms with Gasteiger partial charge in [-0.3, -0.25) is 0 Å². The zero-order chi connectivity index (χ0) is 15.2. The molecule has 0 aliphatic heterocycles. The number of halogens is 2. The van der Waals surface area contributed by atoms with Gasteiger partial charge in [0.15, 0.2) is 0 Å². The van der Waals surface area contributed by atoms with E-state index in [0.29, 0.717) is 11.0 Å². The molecule has 1 heterocycles. The second kappa shape index (κ2) is 7.43. The molecule has 112 valence electrons. The number of nitrogens with two attached hydrogens (primary N) is 1. The van der Waals surface area contributed by atoms with Crippen LogP contribution in [0.5, 0.6) is 0 Å². The lowest BCUT2D eigenvalue weighted by molar-refractivity contribution is 0.699. The van der Waals surface area contributed by atoms with Crippen LogP contribution >= 0.6 is 23.2 Å². The maximum atomic E-state index is 6.08. The van der Waals surface area contributed by atoms with Crippen LogP contribution in [-0.2, 0) is 0 Å². The summed E-state index contributed by atoms with van der Waals surface area (Å²) in [5.74, 6) is 0.699. The maximum absolute atomic E-state index is 6.08. The largest absolute Gasteiger partial charge is 0.368 e.